The van der Waals surface area contributed by atoms with Crippen LogP contribution in [0.2, 0.25) is 0 Å². The van der Waals surface area contributed by atoms with Crippen molar-refractivity contribution in [3.63, 3.8) is 0 Å². The van der Waals surface area contributed by atoms with Crippen LogP contribution < -0.4 is 5.32 Å². The second-order valence-corrected chi connectivity index (χ2v) is 5.14. The summed E-state index contributed by atoms with van der Waals surface area (Å²) in [5.74, 6) is -1.34. The third-order valence-corrected chi connectivity index (χ3v) is 3.10. The van der Waals surface area contributed by atoms with Gasteiger partial charge in [-0.2, -0.15) is 13.2 Å². The fourth-order valence-electron chi connectivity index (χ4n) is 2.19. The van der Waals surface area contributed by atoms with E-state index in [0.717, 1.165) is 12.5 Å². The maximum absolute atomic E-state index is 13.1. The summed E-state index contributed by atoms with van der Waals surface area (Å²) in [4.78, 5) is 0. The first-order valence-corrected chi connectivity index (χ1v) is 7.05. The fraction of sp³-hybridized carbons (Fsp3) is 0.600. The molecule has 0 spiro atoms. The number of rotatable bonds is 8. The molecule has 21 heavy (non-hydrogen) atoms. The number of nitrogens with one attached hydrogen (secondary N) is 1. The van der Waals surface area contributed by atoms with Crippen molar-refractivity contribution in [2.75, 3.05) is 6.54 Å². The average Bonchev–Trinajstić information content (AvgIpc) is 2.32. The van der Waals surface area contributed by atoms with Crippen LogP contribution in [0.3, 0.4) is 0 Å². The summed E-state index contributed by atoms with van der Waals surface area (Å²) in [6.07, 6.45) is -3.53. The molecule has 6 heteroatoms. The lowest BCUT2D eigenvalue weighted by molar-refractivity contribution is -0.135. The minimum atomic E-state index is -4.17. The first kappa shape index (κ1) is 17.9. The summed E-state index contributed by atoms with van der Waals surface area (Å²) in [6.45, 7) is 2.61. The molecule has 0 aromatic heterocycles. The standard InChI is InChI=1S/C15H20F5N/c1-2-6-21-14(4-3-5-15(18,19)20)9-11-7-12(16)10-13(17)8-11/h7-8,10,14,21H,2-6,9H2,1H3. The first-order valence-electron chi connectivity index (χ1n) is 7.05. The van der Waals surface area contributed by atoms with Gasteiger partial charge in [0.2, 0.25) is 0 Å². The summed E-state index contributed by atoms with van der Waals surface area (Å²) in [7, 11) is 0. The van der Waals surface area contributed by atoms with E-state index in [2.05, 4.69) is 5.32 Å². The smallest absolute Gasteiger partial charge is 0.314 e. The Labute approximate surface area is 121 Å². The van der Waals surface area contributed by atoms with Crippen molar-refractivity contribution in [2.45, 2.75) is 51.2 Å². The highest BCUT2D eigenvalue weighted by atomic mass is 19.4. The van der Waals surface area contributed by atoms with E-state index in [1.807, 2.05) is 6.92 Å². The van der Waals surface area contributed by atoms with Gasteiger partial charge in [-0.05, 0) is 49.9 Å². The number of hydrogen-bond donors (Lipinski definition) is 1. The van der Waals surface area contributed by atoms with Crippen molar-refractivity contribution < 1.29 is 22.0 Å². The fourth-order valence-corrected chi connectivity index (χ4v) is 2.19. The van der Waals surface area contributed by atoms with Crippen LogP contribution in [0, 0.1) is 11.6 Å². The SMILES string of the molecule is CCCNC(CCCC(F)(F)F)Cc1cc(F)cc(F)c1. The minimum absolute atomic E-state index is 0.00266. The van der Waals surface area contributed by atoms with Crippen LogP contribution in [0.25, 0.3) is 0 Å². The highest BCUT2D eigenvalue weighted by Crippen LogP contribution is 2.23. The molecule has 1 nitrogen and oxygen atoms in total. The van der Waals surface area contributed by atoms with Gasteiger partial charge < -0.3 is 5.32 Å². The van der Waals surface area contributed by atoms with Gasteiger partial charge in [0.25, 0.3) is 0 Å². The van der Waals surface area contributed by atoms with Gasteiger partial charge in [0.1, 0.15) is 11.6 Å². The van der Waals surface area contributed by atoms with Crippen LogP contribution in [0.1, 0.15) is 38.2 Å². The Bertz CT molecular complexity index is 410. The van der Waals surface area contributed by atoms with Gasteiger partial charge in [0.15, 0.2) is 0 Å². The summed E-state index contributed by atoms with van der Waals surface area (Å²) in [6, 6.07) is 3.00. The van der Waals surface area contributed by atoms with Gasteiger partial charge >= 0.3 is 6.18 Å². The Hall–Kier alpha value is -1.17. The Morgan fingerprint density at radius 3 is 2.24 bits per heavy atom. The minimum Gasteiger partial charge on any atom is -0.314 e. The molecule has 1 unspecified atom stereocenters. The number of alkyl halides is 3. The molecule has 1 atom stereocenters. The van der Waals surface area contributed by atoms with Crippen LogP contribution in [-0.4, -0.2) is 18.8 Å². The van der Waals surface area contributed by atoms with E-state index in [0.29, 0.717) is 24.9 Å². The molecule has 0 aliphatic heterocycles. The van der Waals surface area contributed by atoms with E-state index >= 15 is 0 Å². The molecule has 1 aromatic carbocycles. The molecule has 0 radical (unpaired) electrons. The highest BCUT2D eigenvalue weighted by molar-refractivity contribution is 5.19. The van der Waals surface area contributed by atoms with Crippen molar-refractivity contribution in [1.82, 2.24) is 5.32 Å². The molecule has 0 heterocycles. The van der Waals surface area contributed by atoms with Crippen molar-refractivity contribution in [1.29, 1.82) is 0 Å². The lowest BCUT2D eigenvalue weighted by Crippen LogP contribution is -2.32. The number of halogens is 5. The second-order valence-electron chi connectivity index (χ2n) is 5.14. The average molecular weight is 309 g/mol. The zero-order valence-corrected chi connectivity index (χ0v) is 11.9. The van der Waals surface area contributed by atoms with Crippen molar-refractivity contribution >= 4 is 0 Å². The number of hydrogen-bond acceptors (Lipinski definition) is 1. The molecular formula is C15H20F5N. The zero-order valence-electron chi connectivity index (χ0n) is 11.9. The van der Waals surface area contributed by atoms with Crippen LogP contribution in [0.5, 0.6) is 0 Å². The summed E-state index contributed by atoms with van der Waals surface area (Å²) < 4.78 is 62.8. The van der Waals surface area contributed by atoms with Gasteiger partial charge in [0, 0.05) is 18.5 Å². The summed E-state index contributed by atoms with van der Waals surface area (Å²) in [5.41, 5.74) is 0.452. The second kappa shape index (κ2) is 8.32. The molecule has 0 saturated carbocycles. The van der Waals surface area contributed by atoms with E-state index in [4.69, 9.17) is 0 Å². The van der Waals surface area contributed by atoms with Gasteiger partial charge in [0.05, 0.1) is 0 Å². The third kappa shape index (κ3) is 7.99. The monoisotopic (exact) mass is 309 g/mol. The normalized spacial score (nSPS) is 13.4. The predicted molar refractivity (Wildman–Crippen MR) is 72.0 cm³/mol. The van der Waals surface area contributed by atoms with Gasteiger partial charge in [-0.3, -0.25) is 0 Å². The van der Waals surface area contributed by atoms with Gasteiger partial charge in [-0.25, -0.2) is 8.78 Å². The summed E-state index contributed by atoms with van der Waals surface area (Å²) >= 11 is 0. The van der Waals surface area contributed by atoms with Crippen LogP contribution >= 0.6 is 0 Å². The Kier molecular flexibility index (Phi) is 7.08. The molecule has 0 aliphatic rings. The lowest BCUT2D eigenvalue weighted by atomic mass is 10.0. The highest BCUT2D eigenvalue weighted by Gasteiger charge is 2.26. The van der Waals surface area contributed by atoms with E-state index in [1.54, 1.807) is 0 Å². The predicted octanol–water partition coefficient (Wildman–Crippen LogP) is 4.61. The third-order valence-electron chi connectivity index (χ3n) is 3.10. The Morgan fingerprint density at radius 1 is 1.10 bits per heavy atom. The first-order chi connectivity index (χ1) is 9.80. The molecule has 0 saturated heterocycles. The Balaban J connectivity index is 2.59. The van der Waals surface area contributed by atoms with E-state index in [9.17, 15) is 22.0 Å². The lowest BCUT2D eigenvalue weighted by Gasteiger charge is -2.19. The van der Waals surface area contributed by atoms with Crippen LogP contribution in [-0.2, 0) is 6.42 Å². The van der Waals surface area contributed by atoms with E-state index < -0.39 is 24.2 Å². The molecule has 1 rings (SSSR count). The quantitative estimate of drug-likeness (QED) is 0.692. The van der Waals surface area contributed by atoms with Gasteiger partial charge in [-0.15, -0.1) is 0 Å². The molecule has 1 N–H and O–H groups in total. The Morgan fingerprint density at radius 2 is 1.71 bits per heavy atom. The van der Waals surface area contributed by atoms with E-state index in [1.165, 1.54) is 12.1 Å². The molecule has 0 bridgehead atoms. The van der Waals surface area contributed by atoms with Crippen molar-refractivity contribution in [3.8, 4) is 0 Å². The maximum Gasteiger partial charge on any atom is 0.389 e. The molecule has 0 aliphatic carbocycles. The molecular weight excluding hydrogens is 289 g/mol. The molecule has 120 valence electrons. The number of benzene rings is 1. The molecule has 1 aromatic rings. The van der Waals surface area contributed by atoms with Gasteiger partial charge in [-0.1, -0.05) is 6.92 Å². The van der Waals surface area contributed by atoms with Crippen LogP contribution in [0.15, 0.2) is 18.2 Å². The van der Waals surface area contributed by atoms with Crippen LogP contribution in [0.4, 0.5) is 22.0 Å². The van der Waals surface area contributed by atoms with E-state index in [-0.39, 0.29) is 12.5 Å². The summed E-state index contributed by atoms with van der Waals surface area (Å²) in [5, 5.41) is 3.13. The molecule has 0 fully saturated rings. The molecule has 0 amide bonds. The van der Waals surface area contributed by atoms with Crippen molar-refractivity contribution in [3.05, 3.63) is 35.4 Å². The maximum atomic E-state index is 13.1. The zero-order chi connectivity index (χ0) is 15.9. The van der Waals surface area contributed by atoms with Crippen molar-refractivity contribution in [2.24, 2.45) is 0 Å². The largest absolute Gasteiger partial charge is 0.389 e. The topological polar surface area (TPSA) is 12.0 Å².